The van der Waals surface area contributed by atoms with Gasteiger partial charge in [-0.15, -0.1) is 0 Å². The van der Waals surface area contributed by atoms with Crippen LogP contribution in [-0.4, -0.2) is 24.6 Å². The highest BCUT2D eigenvalue weighted by Gasteiger charge is 2.02. The molecule has 0 aliphatic rings. The SMILES string of the molecule is CNC(=O)CNC(=S)Nc1ccc(C(C)C)cc1. The average Bonchev–Trinajstić information content (AvgIpc) is 2.36. The Hall–Kier alpha value is -1.62. The van der Waals surface area contributed by atoms with E-state index in [1.807, 2.05) is 12.1 Å². The van der Waals surface area contributed by atoms with Crippen LogP contribution in [0.4, 0.5) is 5.69 Å². The fraction of sp³-hybridized carbons (Fsp3) is 0.385. The van der Waals surface area contributed by atoms with Crippen LogP contribution < -0.4 is 16.0 Å². The van der Waals surface area contributed by atoms with Crippen molar-refractivity contribution in [3.8, 4) is 0 Å². The summed E-state index contributed by atoms with van der Waals surface area (Å²) in [6.07, 6.45) is 0. The molecule has 0 fully saturated rings. The van der Waals surface area contributed by atoms with Gasteiger partial charge in [0.05, 0.1) is 6.54 Å². The van der Waals surface area contributed by atoms with Crippen molar-refractivity contribution in [2.45, 2.75) is 19.8 Å². The lowest BCUT2D eigenvalue weighted by Crippen LogP contribution is -2.37. The van der Waals surface area contributed by atoms with Gasteiger partial charge in [0.15, 0.2) is 5.11 Å². The molecular weight excluding hydrogens is 246 g/mol. The third kappa shape index (κ3) is 4.71. The first kappa shape index (κ1) is 14.4. The molecule has 0 aliphatic carbocycles. The Kier molecular flexibility index (Phi) is 5.58. The summed E-state index contributed by atoms with van der Waals surface area (Å²) in [6.45, 7) is 4.47. The summed E-state index contributed by atoms with van der Waals surface area (Å²) in [5.74, 6) is 0.409. The van der Waals surface area contributed by atoms with Gasteiger partial charge in [-0.05, 0) is 35.8 Å². The molecule has 5 heteroatoms. The largest absolute Gasteiger partial charge is 0.358 e. The van der Waals surface area contributed by atoms with Crippen LogP contribution in [0.2, 0.25) is 0 Å². The molecule has 98 valence electrons. The Bertz CT molecular complexity index is 415. The zero-order valence-electron chi connectivity index (χ0n) is 10.9. The molecule has 0 unspecified atom stereocenters. The van der Waals surface area contributed by atoms with E-state index in [1.54, 1.807) is 7.05 Å². The number of likely N-dealkylation sites (N-methyl/N-ethyl adjacent to an activating group) is 1. The van der Waals surface area contributed by atoms with E-state index >= 15 is 0 Å². The van der Waals surface area contributed by atoms with E-state index in [-0.39, 0.29) is 12.5 Å². The first-order valence-corrected chi connectivity index (χ1v) is 6.29. The van der Waals surface area contributed by atoms with Gasteiger partial charge in [-0.1, -0.05) is 26.0 Å². The molecule has 0 saturated heterocycles. The van der Waals surface area contributed by atoms with E-state index in [1.165, 1.54) is 5.56 Å². The lowest BCUT2D eigenvalue weighted by atomic mass is 10.0. The molecule has 0 spiro atoms. The minimum Gasteiger partial charge on any atom is -0.358 e. The maximum absolute atomic E-state index is 11.0. The van der Waals surface area contributed by atoms with Crippen molar-refractivity contribution in [1.82, 2.24) is 10.6 Å². The van der Waals surface area contributed by atoms with Crippen LogP contribution in [0.1, 0.15) is 25.3 Å². The van der Waals surface area contributed by atoms with Crippen LogP contribution >= 0.6 is 12.2 Å². The maximum atomic E-state index is 11.0. The number of nitrogens with one attached hydrogen (secondary N) is 3. The monoisotopic (exact) mass is 265 g/mol. The lowest BCUT2D eigenvalue weighted by molar-refractivity contribution is -0.119. The Balaban J connectivity index is 2.47. The first-order valence-electron chi connectivity index (χ1n) is 5.88. The smallest absolute Gasteiger partial charge is 0.239 e. The van der Waals surface area contributed by atoms with Gasteiger partial charge in [0.25, 0.3) is 0 Å². The maximum Gasteiger partial charge on any atom is 0.239 e. The number of thiocarbonyl (C=S) groups is 1. The summed E-state index contributed by atoms with van der Waals surface area (Å²) >= 11 is 5.08. The highest BCUT2D eigenvalue weighted by atomic mass is 32.1. The molecule has 0 atom stereocenters. The minimum atomic E-state index is -0.102. The second kappa shape index (κ2) is 6.96. The summed E-state index contributed by atoms with van der Waals surface area (Å²) in [4.78, 5) is 11.0. The molecule has 18 heavy (non-hydrogen) atoms. The third-order valence-electron chi connectivity index (χ3n) is 2.52. The van der Waals surface area contributed by atoms with E-state index < -0.39 is 0 Å². The van der Waals surface area contributed by atoms with Crippen LogP contribution in [0.3, 0.4) is 0 Å². The summed E-state index contributed by atoms with van der Waals surface area (Å²) < 4.78 is 0. The molecule has 0 heterocycles. The molecule has 1 rings (SSSR count). The summed E-state index contributed by atoms with van der Waals surface area (Å²) in [6, 6.07) is 8.08. The lowest BCUT2D eigenvalue weighted by Gasteiger charge is -2.11. The number of rotatable bonds is 4. The summed E-state index contributed by atoms with van der Waals surface area (Å²) in [7, 11) is 1.59. The van der Waals surface area contributed by atoms with Gasteiger partial charge >= 0.3 is 0 Å². The van der Waals surface area contributed by atoms with Crippen molar-refractivity contribution < 1.29 is 4.79 Å². The second-order valence-electron chi connectivity index (χ2n) is 4.26. The van der Waals surface area contributed by atoms with Crippen LogP contribution in [0.5, 0.6) is 0 Å². The Morgan fingerprint density at radius 3 is 2.39 bits per heavy atom. The van der Waals surface area contributed by atoms with Crippen molar-refractivity contribution in [3.63, 3.8) is 0 Å². The van der Waals surface area contributed by atoms with E-state index in [9.17, 15) is 4.79 Å². The zero-order chi connectivity index (χ0) is 13.5. The molecule has 0 aliphatic heterocycles. The molecule has 0 bridgehead atoms. The number of amides is 1. The van der Waals surface area contributed by atoms with Crippen molar-refractivity contribution in [2.24, 2.45) is 0 Å². The standard InChI is InChI=1S/C13H19N3OS/c1-9(2)10-4-6-11(7-5-10)16-13(18)15-8-12(17)14-3/h4-7,9H,8H2,1-3H3,(H,14,17)(H2,15,16,18). The van der Waals surface area contributed by atoms with Gasteiger partial charge < -0.3 is 16.0 Å². The molecule has 3 N–H and O–H groups in total. The molecule has 0 saturated carbocycles. The van der Waals surface area contributed by atoms with E-state index in [4.69, 9.17) is 12.2 Å². The van der Waals surface area contributed by atoms with Crippen molar-refractivity contribution in [2.75, 3.05) is 18.9 Å². The number of hydrogen-bond donors (Lipinski definition) is 3. The highest BCUT2D eigenvalue weighted by molar-refractivity contribution is 7.80. The number of benzene rings is 1. The topological polar surface area (TPSA) is 53.2 Å². The Morgan fingerprint density at radius 1 is 1.28 bits per heavy atom. The Labute approximate surface area is 113 Å². The minimum absolute atomic E-state index is 0.102. The van der Waals surface area contributed by atoms with Gasteiger partial charge in [0.1, 0.15) is 0 Å². The summed E-state index contributed by atoms with van der Waals surface area (Å²) in [5, 5.41) is 8.81. The van der Waals surface area contributed by atoms with Crippen LogP contribution in [0.25, 0.3) is 0 Å². The number of anilines is 1. The number of hydrogen-bond acceptors (Lipinski definition) is 2. The fourth-order valence-electron chi connectivity index (χ4n) is 1.38. The number of carbonyl (C=O) groups is 1. The molecular formula is C13H19N3OS. The molecule has 1 aromatic carbocycles. The van der Waals surface area contributed by atoms with Crippen molar-refractivity contribution in [1.29, 1.82) is 0 Å². The first-order chi connectivity index (χ1) is 8.52. The summed E-state index contributed by atoms with van der Waals surface area (Å²) in [5.41, 5.74) is 2.19. The molecule has 1 amide bonds. The van der Waals surface area contributed by atoms with Crippen LogP contribution in [-0.2, 0) is 4.79 Å². The van der Waals surface area contributed by atoms with Gasteiger partial charge in [-0.25, -0.2) is 0 Å². The zero-order valence-corrected chi connectivity index (χ0v) is 11.7. The van der Waals surface area contributed by atoms with Gasteiger partial charge in [0, 0.05) is 12.7 Å². The van der Waals surface area contributed by atoms with Crippen molar-refractivity contribution >= 4 is 28.9 Å². The highest BCUT2D eigenvalue weighted by Crippen LogP contribution is 2.16. The predicted octanol–water partition coefficient (Wildman–Crippen LogP) is 1.84. The molecule has 1 aromatic rings. The third-order valence-corrected chi connectivity index (χ3v) is 2.77. The fourth-order valence-corrected chi connectivity index (χ4v) is 1.57. The van der Waals surface area contributed by atoms with E-state index in [0.717, 1.165) is 5.69 Å². The molecule has 0 radical (unpaired) electrons. The van der Waals surface area contributed by atoms with Crippen molar-refractivity contribution in [3.05, 3.63) is 29.8 Å². The van der Waals surface area contributed by atoms with Gasteiger partial charge in [-0.3, -0.25) is 4.79 Å². The van der Waals surface area contributed by atoms with Crippen LogP contribution in [0, 0.1) is 0 Å². The second-order valence-corrected chi connectivity index (χ2v) is 4.67. The van der Waals surface area contributed by atoms with Gasteiger partial charge in [0.2, 0.25) is 5.91 Å². The van der Waals surface area contributed by atoms with E-state index in [2.05, 4.69) is 41.9 Å². The quantitative estimate of drug-likeness (QED) is 0.727. The van der Waals surface area contributed by atoms with Gasteiger partial charge in [-0.2, -0.15) is 0 Å². The predicted molar refractivity (Wildman–Crippen MR) is 78.8 cm³/mol. The number of carbonyl (C=O) groups excluding carboxylic acids is 1. The normalized spacial score (nSPS) is 10.0. The average molecular weight is 265 g/mol. The Morgan fingerprint density at radius 2 is 1.89 bits per heavy atom. The molecule has 0 aromatic heterocycles. The van der Waals surface area contributed by atoms with E-state index in [0.29, 0.717) is 11.0 Å². The van der Waals surface area contributed by atoms with Crippen LogP contribution in [0.15, 0.2) is 24.3 Å². The molecule has 4 nitrogen and oxygen atoms in total.